The molecule has 0 aliphatic rings. The second kappa shape index (κ2) is 18.6. The number of carbonyl (C=O) groups is 1. The van der Waals surface area contributed by atoms with Crippen molar-refractivity contribution in [2.75, 3.05) is 0 Å². The van der Waals surface area contributed by atoms with Crippen molar-refractivity contribution >= 4 is 13.9 Å². The molecule has 4 heteroatoms. The SMILES string of the molecule is C=CCCCCCCCCC#P=O.CCC(=O)O. The summed E-state index contributed by atoms with van der Waals surface area (Å²) in [5.41, 5.74) is 2.76. The maximum Gasteiger partial charge on any atom is 0.303 e. The molecule has 0 saturated heterocycles. The van der Waals surface area contributed by atoms with Crippen molar-refractivity contribution in [3.63, 3.8) is 0 Å². The Morgan fingerprint density at radius 1 is 1.22 bits per heavy atom. The van der Waals surface area contributed by atoms with Crippen molar-refractivity contribution < 1.29 is 14.5 Å². The Kier molecular flexibility index (Phi) is 20.2. The van der Waals surface area contributed by atoms with Crippen LogP contribution in [0.4, 0.5) is 0 Å². The number of carboxylic acid groups (broad SMARTS) is 1. The number of aliphatic carboxylic acids is 1. The molecular formula is C14H25O3P. The first-order chi connectivity index (χ1) is 8.68. The molecular weight excluding hydrogens is 247 g/mol. The van der Waals surface area contributed by atoms with Gasteiger partial charge in [-0.15, -0.1) is 0 Å². The van der Waals surface area contributed by atoms with Gasteiger partial charge in [0.25, 0.3) is 0 Å². The van der Waals surface area contributed by atoms with Crippen LogP contribution in [-0.2, 0) is 9.36 Å². The van der Waals surface area contributed by atoms with Crippen LogP contribution in [0.1, 0.15) is 64.7 Å². The second-order valence-corrected chi connectivity index (χ2v) is 4.44. The number of hydrogen-bond donors (Lipinski definition) is 1. The molecule has 0 rings (SSSR count). The molecule has 0 spiro atoms. The number of rotatable bonds is 9. The monoisotopic (exact) mass is 272 g/mol. The van der Waals surface area contributed by atoms with Crippen LogP contribution in [0.15, 0.2) is 12.7 Å². The summed E-state index contributed by atoms with van der Waals surface area (Å²) < 4.78 is 9.99. The van der Waals surface area contributed by atoms with Crippen LogP contribution in [-0.4, -0.2) is 11.1 Å². The van der Waals surface area contributed by atoms with Crippen LogP contribution in [0.5, 0.6) is 0 Å². The molecule has 104 valence electrons. The van der Waals surface area contributed by atoms with E-state index in [-0.39, 0.29) is 14.3 Å². The van der Waals surface area contributed by atoms with Crippen LogP contribution < -0.4 is 0 Å². The largest absolute Gasteiger partial charge is 0.481 e. The molecule has 18 heavy (non-hydrogen) atoms. The standard InChI is InChI=1S/C11H19OP.C3H6O2/c1-2-3-4-5-6-7-8-9-10-11-13-12;1-2-3(4)5/h2H,1,3-10H2;2H2,1H3,(H,4,5). The Hall–Kier alpha value is -0.780. The molecule has 0 aliphatic heterocycles. The molecule has 3 nitrogen and oxygen atoms in total. The second-order valence-electron chi connectivity index (χ2n) is 3.95. The molecule has 0 bridgehead atoms. The maximum absolute atomic E-state index is 9.99. The van der Waals surface area contributed by atoms with Gasteiger partial charge >= 0.3 is 88.1 Å². The zero-order valence-corrected chi connectivity index (χ0v) is 12.3. The minimum absolute atomic E-state index is 0.0621. The van der Waals surface area contributed by atoms with Gasteiger partial charge in [0.1, 0.15) is 0 Å². The first-order valence-corrected chi connectivity index (χ1v) is 7.38. The van der Waals surface area contributed by atoms with Gasteiger partial charge in [0.2, 0.25) is 0 Å². The van der Waals surface area contributed by atoms with Crippen LogP contribution >= 0.6 is 7.92 Å². The van der Waals surface area contributed by atoms with Gasteiger partial charge in [-0.05, 0) is 0 Å². The van der Waals surface area contributed by atoms with E-state index in [9.17, 15) is 9.36 Å². The van der Waals surface area contributed by atoms with E-state index in [0.717, 1.165) is 19.3 Å². The maximum atomic E-state index is 9.99. The zero-order valence-electron chi connectivity index (χ0n) is 11.4. The Morgan fingerprint density at radius 3 is 2.17 bits per heavy atom. The van der Waals surface area contributed by atoms with Crippen LogP contribution in [0.3, 0.4) is 0 Å². The third-order valence-electron chi connectivity index (χ3n) is 2.31. The van der Waals surface area contributed by atoms with E-state index in [1.807, 2.05) is 6.08 Å². The van der Waals surface area contributed by atoms with E-state index in [1.165, 1.54) is 32.1 Å². The Morgan fingerprint density at radius 2 is 1.72 bits per heavy atom. The molecule has 0 aliphatic carbocycles. The number of carboxylic acids is 1. The van der Waals surface area contributed by atoms with E-state index in [0.29, 0.717) is 0 Å². The predicted molar refractivity (Wildman–Crippen MR) is 76.6 cm³/mol. The molecule has 0 unspecified atom stereocenters. The number of unbranched alkanes of at least 4 members (excludes halogenated alkanes) is 7. The topological polar surface area (TPSA) is 54.4 Å². The summed E-state index contributed by atoms with van der Waals surface area (Å²) in [6, 6.07) is 0. The molecule has 0 aromatic carbocycles. The summed E-state index contributed by atoms with van der Waals surface area (Å²) in [5.74, 6) is -0.745. The summed E-state index contributed by atoms with van der Waals surface area (Å²) in [4.78, 5) is 9.37. The normalized spacial score (nSPS) is 8.72. The summed E-state index contributed by atoms with van der Waals surface area (Å²) in [6.07, 6.45) is 11.8. The van der Waals surface area contributed by atoms with Crippen molar-refractivity contribution in [1.29, 1.82) is 0 Å². The number of hydrogen-bond acceptors (Lipinski definition) is 2. The molecule has 1 N–H and O–H groups in total. The third-order valence-corrected chi connectivity index (χ3v) is 2.67. The van der Waals surface area contributed by atoms with Crippen molar-refractivity contribution in [3.8, 4) is 5.63 Å². The molecule has 0 heterocycles. The van der Waals surface area contributed by atoms with Crippen LogP contribution in [0, 0.1) is 5.63 Å². The van der Waals surface area contributed by atoms with E-state index in [2.05, 4.69) is 12.2 Å². The van der Waals surface area contributed by atoms with E-state index >= 15 is 0 Å². The zero-order chi connectivity index (χ0) is 14.1. The van der Waals surface area contributed by atoms with E-state index in [4.69, 9.17) is 5.11 Å². The Balaban J connectivity index is 0. The van der Waals surface area contributed by atoms with E-state index < -0.39 is 5.97 Å². The first kappa shape index (κ1) is 19.6. The molecule has 0 radical (unpaired) electrons. The van der Waals surface area contributed by atoms with Crippen molar-refractivity contribution in [2.24, 2.45) is 0 Å². The third kappa shape index (κ3) is 24.4. The van der Waals surface area contributed by atoms with E-state index in [1.54, 1.807) is 6.92 Å². The quantitative estimate of drug-likeness (QED) is 0.364. The number of allylic oxidation sites excluding steroid dienone is 1. The minimum atomic E-state index is -0.745. The van der Waals surface area contributed by atoms with Gasteiger partial charge in [0.05, 0.1) is 0 Å². The van der Waals surface area contributed by atoms with Gasteiger partial charge < -0.3 is 5.11 Å². The average molecular weight is 272 g/mol. The molecule has 0 aromatic rings. The van der Waals surface area contributed by atoms with Crippen molar-refractivity contribution in [2.45, 2.75) is 64.7 Å². The summed E-state index contributed by atoms with van der Waals surface area (Å²) in [7, 11) is 0.0621. The molecule has 0 saturated carbocycles. The van der Waals surface area contributed by atoms with Crippen LogP contribution in [0.25, 0.3) is 0 Å². The Labute approximate surface area is 112 Å². The first-order valence-electron chi connectivity index (χ1n) is 6.56. The molecule has 0 fully saturated rings. The Bertz CT molecular complexity index is 293. The van der Waals surface area contributed by atoms with Gasteiger partial charge in [0, 0.05) is 6.42 Å². The molecule has 0 aromatic heterocycles. The minimum Gasteiger partial charge on any atom is -0.481 e. The van der Waals surface area contributed by atoms with Crippen molar-refractivity contribution in [3.05, 3.63) is 12.7 Å². The summed E-state index contributed by atoms with van der Waals surface area (Å²) in [6.45, 7) is 5.29. The fraction of sp³-hybridized carbons (Fsp3) is 0.714. The smallest absolute Gasteiger partial charge is 0.303 e. The molecule has 0 atom stereocenters. The van der Waals surface area contributed by atoms with Gasteiger partial charge in [-0.1, -0.05) is 6.92 Å². The van der Waals surface area contributed by atoms with Crippen molar-refractivity contribution in [1.82, 2.24) is 0 Å². The van der Waals surface area contributed by atoms with Crippen LogP contribution in [0.2, 0.25) is 0 Å². The fourth-order valence-corrected chi connectivity index (χ4v) is 1.49. The summed E-state index contributed by atoms with van der Waals surface area (Å²) >= 11 is 0. The summed E-state index contributed by atoms with van der Waals surface area (Å²) in [5, 5.41) is 7.72. The fourth-order valence-electron chi connectivity index (χ4n) is 1.25. The van der Waals surface area contributed by atoms with Gasteiger partial charge in [-0.25, -0.2) is 0 Å². The van der Waals surface area contributed by atoms with Gasteiger partial charge in [-0.3, -0.25) is 4.79 Å². The van der Waals surface area contributed by atoms with Gasteiger partial charge in [0.15, 0.2) is 0 Å². The average Bonchev–Trinajstić information content (AvgIpc) is 2.37. The molecule has 0 amide bonds. The predicted octanol–water partition coefficient (Wildman–Crippen LogP) is 5.03. The van der Waals surface area contributed by atoms with Gasteiger partial charge in [-0.2, -0.15) is 0 Å².